The molecule has 1 aliphatic heterocycles. The first-order chi connectivity index (χ1) is 17.3. The topological polar surface area (TPSA) is 44.4 Å². The van der Waals surface area contributed by atoms with E-state index >= 15 is 0 Å². The Morgan fingerprint density at radius 3 is 2.19 bits per heavy atom. The van der Waals surface area contributed by atoms with Gasteiger partial charge in [-0.1, -0.05) is 75.9 Å². The summed E-state index contributed by atoms with van der Waals surface area (Å²) in [6.07, 6.45) is 1.80. The number of nitrogens with zero attached hydrogens (tertiary/aromatic N) is 1. The highest BCUT2D eigenvalue weighted by molar-refractivity contribution is 5.85. The lowest BCUT2D eigenvalue weighted by Gasteiger charge is -2.33. The molecule has 2 N–H and O–H groups in total. The van der Waals surface area contributed by atoms with Crippen LogP contribution in [-0.4, -0.2) is 25.5 Å². The quantitative estimate of drug-likeness (QED) is 0.379. The van der Waals surface area contributed by atoms with Crippen LogP contribution in [0, 0.1) is 5.92 Å². The third-order valence-corrected chi connectivity index (χ3v) is 7.06. The van der Waals surface area contributed by atoms with Gasteiger partial charge >= 0.3 is 0 Å². The van der Waals surface area contributed by atoms with Gasteiger partial charge in [0.1, 0.15) is 0 Å². The number of piperidine rings is 1. The van der Waals surface area contributed by atoms with Crippen LogP contribution in [0.1, 0.15) is 51.7 Å². The van der Waals surface area contributed by atoms with Gasteiger partial charge in [-0.25, -0.2) is 0 Å². The maximum Gasteiger partial charge on any atom is 0.223 e. The molecular weight excluding hydrogens is 442 g/mol. The van der Waals surface area contributed by atoms with Crippen molar-refractivity contribution in [2.75, 3.05) is 29.9 Å². The molecule has 0 spiro atoms. The lowest BCUT2D eigenvalue weighted by atomic mass is 9.86. The van der Waals surface area contributed by atoms with Crippen molar-refractivity contribution < 1.29 is 4.79 Å². The zero-order valence-electron chi connectivity index (χ0n) is 22.1. The number of benzene rings is 3. The SMILES string of the molecule is C=C(Nc1ccc(N2CCC(C(=O)NCC)CC2)cc1)c1ccccc1-c1ccc(C(C)(C)C)cc1. The third kappa shape index (κ3) is 5.99. The van der Waals surface area contributed by atoms with E-state index in [2.05, 4.69) is 116 Å². The minimum absolute atomic E-state index is 0.134. The molecule has 4 rings (SSSR count). The van der Waals surface area contributed by atoms with E-state index in [4.69, 9.17) is 0 Å². The number of nitrogens with one attached hydrogen (secondary N) is 2. The van der Waals surface area contributed by atoms with Crippen LogP contribution in [0.5, 0.6) is 0 Å². The predicted octanol–water partition coefficient (Wildman–Crippen LogP) is 7.09. The summed E-state index contributed by atoms with van der Waals surface area (Å²) in [6, 6.07) is 25.8. The van der Waals surface area contributed by atoms with Crippen molar-refractivity contribution in [1.82, 2.24) is 5.32 Å². The zero-order chi connectivity index (χ0) is 25.7. The number of carbonyl (C=O) groups excluding carboxylic acids is 1. The first-order valence-corrected chi connectivity index (χ1v) is 13.0. The van der Waals surface area contributed by atoms with Gasteiger partial charge in [0, 0.05) is 48.2 Å². The second-order valence-electron chi connectivity index (χ2n) is 10.7. The summed E-state index contributed by atoms with van der Waals surface area (Å²) in [5.74, 6) is 0.329. The molecule has 4 heteroatoms. The molecule has 4 nitrogen and oxygen atoms in total. The number of rotatable bonds is 7. The van der Waals surface area contributed by atoms with Gasteiger partial charge in [-0.3, -0.25) is 4.79 Å². The fourth-order valence-corrected chi connectivity index (χ4v) is 4.86. The Morgan fingerprint density at radius 1 is 0.944 bits per heavy atom. The molecular formula is C32H39N3O. The fourth-order valence-electron chi connectivity index (χ4n) is 4.86. The molecule has 0 unspecified atom stereocenters. The van der Waals surface area contributed by atoms with Crippen LogP contribution in [-0.2, 0) is 10.2 Å². The van der Waals surface area contributed by atoms with Crippen LogP contribution in [0.15, 0.2) is 79.4 Å². The maximum atomic E-state index is 12.1. The maximum absolute atomic E-state index is 12.1. The number of amides is 1. The summed E-state index contributed by atoms with van der Waals surface area (Å²) in [7, 11) is 0. The Balaban J connectivity index is 1.42. The molecule has 3 aromatic rings. The van der Waals surface area contributed by atoms with E-state index in [0.717, 1.165) is 42.9 Å². The van der Waals surface area contributed by atoms with Crippen LogP contribution in [0.25, 0.3) is 16.8 Å². The van der Waals surface area contributed by atoms with E-state index in [-0.39, 0.29) is 17.2 Å². The minimum atomic E-state index is 0.134. The highest BCUT2D eigenvalue weighted by Crippen LogP contribution is 2.32. The van der Waals surface area contributed by atoms with E-state index in [1.807, 2.05) is 6.92 Å². The largest absolute Gasteiger partial charge is 0.371 e. The molecule has 0 aromatic heterocycles. The lowest BCUT2D eigenvalue weighted by molar-refractivity contribution is -0.125. The molecule has 1 amide bonds. The first-order valence-electron chi connectivity index (χ1n) is 13.0. The van der Waals surface area contributed by atoms with Gasteiger partial charge in [0.25, 0.3) is 0 Å². The van der Waals surface area contributed by atoms with Gasteiger partial charge in [-0.15, -0.1) is 0 Å². The van der Waals surface area contributed by atoms with Gasteiger partial charge in [-0.2, -0.15) is 0 Å². The molecule has 188 valence electrons. The van der Waals surface area contributed by atoms with Crippen molar-refractivity contribution in [1.29, 1.82) is 0 Å². The molecule has 1 aliphatic rings. The van der Waals surface area contributed by atoms with Gasteiger partial charge in [0.05, 0.1) is 0 Å². The van der Waals surface area contributed by atoms with Crippen LogP contribution in [0.2, 0.25) is 0 Å². The summed E-state index contributed by atoms with van der Waals surface area (Å²) < 4.78 is 0. The van der Waals surface area contributed by atoms with Crippen molar-refractivity contribution in [3.63, 3.8) is 0 Å². The summed E-state index contributed by atoms with van der Waals surface area (Å²) in [5, 5.41) is 6.46. The average molecular weight is 482 g/mol. The van der Waals surface area contributed by atoms with E-state index in [1.54, 1.807) is 0 Å². The Hall–Kier alpha value is -3.53. The van der Waals surface area contributed by atoms with Crippen molar-refractivity contribution in [2.45, 2.75) is 46.0 Å². The summed E-state index contributed by atoms with van der Waals surface area (Å²) >= 11 is 0. The summed E-state index contributed by atoms with van der Waals surface area (Å²) in [5.41, 5.74) is 8.00. The monoisotopic (exact) mass is 481 g/mol. The zero-order valence-corrected chi connectivity index (χ0v) is 22.1. The molecule has 36 heavy (non-hydrogen) atoms. The van der Waals surface area contributed by atoms with Gasteiger partial charge < -0.3 is 15.5 Å². The Labute approximate surface area is 216 Å². The Kier molecular flexibility index (Phi) is 7.83. The molecule has 0 radical (unpaired) electrons. The first kappa shape index (κ1) is 25.6. The Morgan fingerprint density at radius 2 is 1.58 bits per heavy atom. The van der Waals surface area contributed by atoms with Gasteiger partial charge in [0.15, 0.2) is 0 Å². The lowest BCUT2D eigenvalue weighted by Crippen LogP contribution is -2.40. The highest BCUT2D eigenvalue weighted by atomic mass is 16.1. The second-order valence-corrected chi connectivity index (χ2v) is 10.7. The molecule has 0 saturated carbocycles. The van der Waals surface area contributed by atoms with Gasteiger partial charge in [0.2, 0.25) is 5.91 Å². The second kappa shape index (κ2) is 11.0. The van der Waals surface area contributed by atoms with Crippen LogP contribution in [0.4, 0.5) is 11.4 Å². The van der Waals surface area contributed by atoms with Crippen molar-refractivity contribution in [3.8, 4) is 11.1 Å². The number of hydrogen-bond donors (Lipinski definition) is 2. The van der Waals surface area contributed by atoms with E-state index in [0.29, 0.717) is 6.54 Å². The molecule has 0 aliphatic carbocycles. The van der Waals surface area contributed by atoms with Crippen LogP contribution in [0.3, 0.4) is 0 Å². The smallest absolute Gasteiger partial charge is 0.223 e. The molecule has 3 aromatic carbocycles. The van der Waals surface area contributed by atoms with Crippen molar-refractivity contribution in [2.24, 2.45) is 5.92 Å². The van der Waals surface area contributed by atoms with E-state index in [9.17, 15) is 4.79 Å². The van der Waals surface area contributed by atoms with E-state index in [1.165, 1.54) is 22.4 Å². The average Bonchev–Trinajstić information content (AvgIpc) is 2.89. The molecule has 1 heterocycles. The Bertz CT molecular complexity index is 1180. The van der Waals surface area contributed by atoms with E-state index < -0.39 is 0 Å². The third-order valence-electron chi connectivity index (χ3n) is 7.06. The molecule has 1 fully saturated rings. The highest BCUT2D eigenvalue weighted by Gasteiger charge is 2.24. The minimum Gasteiger partial charge on any atom is -0.371 e. The summed E-state index contributed by atoms with van der Waals surface area (Å²) in [4.78, 5) is 14.5. The standard InChI is InChI=1S/C32H39N3O/c1-6-33-31(36)25-19-21-35(22-20-25)28-17-15-27(16-18-28)34-23(2)29-9-7-8-10-30(29)24-11-13-26(14-12-24)32(3,4)5/h7-18,25,34H,2,6,19-22H2,1,3-5H3,(H,33,36). The molecule has 0 bridgehead atoms. The predicted molar refractivity (Wildman–Crippen MR) is 153 cm³/mol. The summed E-state index contributed by atoms with van der Waals surface area (Å²) in [6.45, 7) is 15.6. The van der Waals surface area contributed by atoms with Crippen molar-refractivity contribution >= 4 is 23.0 Å². The number of carbonyl (C=O) groups is 1. The molecule has 1 saturated heterocycles. The van der Waals surface area contributed by atoms with Crippen LogP contribution < -0.4 is 15.5 Å². The van der Waals surface area contributed by atoms with Crippen molar-refractivity contribution in [3.05, 3.63) is 90.5 Å². The fraction of sp³-hybridized carbons (Fsp3) is 0.344. The normalized spacial score (nSPS) is 14.4. The van der Waals surface area contributed by atoms with Crippen LogP contribution >= 0.6 is 0 Å². The number of anilines is 2. The number of hydrogen-bond acceptors (Lipinski definition) is 3. The van der Waals surface area contributed by atoms with Gasteiger partial charge in [-0.05, 0) is 66.1 Å². The molecule has 0 atom stereocenters.